The van der Waals surface area contributed by atoms with Crippen molar-refractivity contribution in [1.29, 1.82) is 0 Å². The molecule has 2 rings (SSSR count). The Balaban J connectivity index is 2.38. The predicted octanol–water partition coefficient (Wildman–Crippen LogP) is 4.69. The minimum absolute atomic E-state index is 0.0673. The lowest BCUT2D eigenvalue weighted by Crippen LogP contribution is -2.19. The Morgan fingerprint density at radius 1 is 1.00 bits per heavy atom. The van der Waals surface area contributed by atoms with Crippen molar-refractivity contribution in [2.75, 3.05) is 4.72 Å². The number of alkyl halides is 3. The molecule has 0 aliphatic rings. The Kier molecular flexibility index (Phi) is 4.98. The Hall–Kier alpha value is -1.64. The van der Waals surface area contributed by atoms with Crippen molar-refractivity contribution in [3.05, 3.63) is 52.5 Å². The van der Waals surface area contributed by atoms with E-state index in [1.807, 2.05) is 4.72 Å². The summed E-state index contributed by atoms with van der Waals surface area (Å²) in [4.78, 5) is -0.295. The molecule has 124 valence electrons. The Morgan fingerprint density at radius 3 is 2.13 bits per heavy atom. The van der Waals surface area contributed by atoms with E-state index in [1.165, 1.54) is 18.2 Å². The van der Waals surface area contributed by atoms with E-state index in [0.717, 1.165) is 24.3 Å². The van der Waals surface area contributed by atoms with E-state index in [1.54, 1.807) is 0 Å². The number of sulfonamides is 1. The highest BCUT2D eigenvalue weighted by molar-refractivity contribution is 7.92. The first-order valence-electron chi connectivity index (χ1n) is 5.90. The third kappa shape index (κ3) is 4.92. The van der Waals surface area contributed by atoms with E-state index in [4.69, 9.17) is 23.2 Å². The number of para-hydroxylation sites is 2. The number of nitrogens with one attached hydrogen (secondary N) is 1. The first-order chi connectivity index (χ1) is 10.6. The zero-order valence-corrected chi connectivity index (χ0v) is 13.4. The predicted molar refractivity (Wildman–Crippen MR) is 80.4 cm³/mol. The van der Waals surface area contributed by atoms with Gasteiger partial charge in [-0.3, -0.25) is 4.72 Å². The fourth-order valence-electron chi connectivity index (χ4n) is 1.65. The van der Waals surface area contributed by atoms with Gasteiger partial charge >= 0.3 is 6.36 Å². The SMILES string of the molecule is O=S(=O)(Nc1ccccc1OC(F)(F)F)c1cc(Cl)cc(Cl)c1. The minimum atomic E-state index is -4.96. The molecular weight excluding hydrogens is 378 g/mol. The summed E-state index contributed by atoms with van der Waals surface area (Å²) in [5.41, 5.74) is -0.374. The number of benzene rings is 2. The van der Waals surface area contributed by atoms with Gasteiger partial charge in [-0.1, -0.05) is 35.3 Å². The summed E-state index contributed by atoms with van der Waals surface area (Å²) in [5.74, 6) is -0.684. The number of hydrogen-bond donors (Lipinski definition) is 1. The van der Waals surface area contributed by atoms with Crippen LogP contribution in [0, 0.1) is 0 Å². The number of halogens is 5. The van der Waals surface area contributed by atoms with Gasteiger partial charge in [-0.05, 0) is 30.3 Å². The molecular formula is C13H8Cl2F3NO3S. The molecule has 0 aliphatic heterocycles. The van der Waals surface area contributed by atoms with Crippen LogP contribution in [0.25, 0.3) is 0 Å². The van der Waals surface area contributed by atoms with Crippen molar-refractivity contribution in [2.45, 2.75) is 11.3 Å². The molecule has 1 N–H and O–H groups in total. The summed E-state index contributed by atoms with van der Waals surface area (Å²) in [6.45, 7) is 0. The molecule has 0 spiro atoms. The fraction of sp³-hybridized carbons (Fsp3) is 0.0769. The van der Waals surface area contributed by atoms with Gasteiger partial charge in [0, 0.05) is 10.0 Å². The minimum Gasteiger partial charge on any atom is -0.404 e. The number of anilines is 1. The standard InChI is InChI=1S/C13H8Cl2F3NO3S/c14-8-5-9(15)7-10(6-8)23(20,21)19-11-3-1-2-4-12(11)22-13(16,17)18/h1-7,19H. The molecule has 0 heterocycles. The van der Waals surface area contributed by atoms with Crippen molar-refractivity contribution in [3.63, 3.8) is 0 Å². The van der Waals surface area contributed by atoms with Gasteiger partial charge < -0.3 is 4.74 Å². The topological polar surface area (TPSA) is 55.4 Å². The summed E-state index contributed by atoms with van der Waals surface area (Å²) in [5, 5.41) is 0.135. The first-order valence-corrected chi connectivity index (χ1v) is 8.14. The van der Waals surface area contributed by atoms with Crippen LogP contribution < -0.4 is 9.46 Å². The third-order valence-electron chi connectivity index (χ3n) is 2.50. The second-order valence-electron chi connectivity index (χ2n) is 4.25. The van der Waals surface area contributed by atoms with Crippen LogP contribution in [0.15, 0.2) is 47.4 Å². The summed E-state index contributed by atoms with van der Waals surface area (Å²) in [6, 6.07) is 8.29. The van der Waals surface area contributed by atoms with E-state index in [0.29, 0.717) is 0 Å². The number of hydrogen-bond acceptors (Lipinski definition) is 3. The van der Waals surface area contributed by atoms with Crippen LogP contribution in [0.4, 0.5) is 18.9 Å². The highest BCUT2D eigenvalue weighted by atomic mass is 35.5. The van der Waals surface area contributed by atoms with Gasteiger partial charge in [0.1, 0.15) is 0 Å². The summed E-state index contributed by atoms with van der Waals surface area (Å²) < 4.78 is 67.4. The molecule has 2 aromatic rings. The molecule has 0 amide bonds. The summed E-state index contributed by atoms with van der Waals surface area (Å²) in [7, 11) is -4.20. The zero-order valence-electron chi connectivity index (χ0n) is 11.1. The van der Waals surface area contributed by atoms with Crippen LogP contribution in [0.5, 0.6) is 5.75 Å². The van der Waals surface area contributed by atoms with E-state index >= 15 is 0 Å². The molecule has 0 aliphatic carbocycles. The molecule has 23 heavy (non-hydrogen) atoms. The third-order valence-corrected chi connectivity index (χ3v) is 4.28. The van der Waals surface area contributed by atoms with Crippen molar-refractivity contribution in [2.24, 2.45) is 0 Å². The van der Waals surface area contributed by atoms with Crippen LogP contribution >= 0.6 is 23.2 Å². The van der Waals surface area contributed by atoms with E-state index in [9.17, 15) is 21.6 Å². The number of rotatable bonds is 4. The lowest BCUT2D eigenvalue weighted by atomic mass is 10.3. The van der Waals surface area contributed by atoms with Crippen LogP contribution in [-0.2, 0) is 10.0 Å². The molecule has 10 heteroatoms. The maximum Gasteiger partial charge on any atom is 0.573 e. The van der Waals surface area contributed by atoms with Gasteiger partial charge in [-0.15, -0.1) is 13.2 Å². The lowest BCUT2D eigenvalue weighted by molar-refractivity contribution is -0.274. The van der Waals surface area contributed by atoms with Gasteiger partial charge in [0.15, 0.2) is 5.75 Å². The molecule has 0 saturated heterocycles. The molecule has 0 aromatic heterocycles. The van der Waals surface area contributed by atoms with Crippen LogP contribution in [0.1, 0.15) is 0 Å². The van der Waals surface area contributed by atoms with Crippen molar-refractivity contribution < 1.29 is 26.3 Å². The average molecular weight is 386 g/mol. The van der Waals surface area contributed by atoms with Gasteiger partial charge in [-0.25, -0.2) is 8.42 Å². The van der Waals surface area contributed by atoms with E-state index < -0.39 is 22.1 Å². The maximum absolute atomic E-state index is 12.3. The van der Waals surface area contributed by atoms with Crippen LogP contribution in [0.3, 0.4) is 0 Å². The molecule has 0 radical (unpaired) electrons. The smallest absolute Gasteiger partial charge is 0.404 e. The molecule has 0 unspecified atom stereocenters. The van der Waals surface area contributed by atoms with Crippen LogP contribution in [-0.4, -0.2) is 14.8 Å². The summed E-state index contributed by atoms with van der Waals surface area (Å²) >= 11 is 11.5. The van der Waals surface area contributed by atoms with E-state index in [2.05, 4.69) is 4.74 Å². The Labute approximate surface area is 139 Å². The quantitative estimate of drug-likeness (QED) is 0.830. The largest absolute Gasteiger partial charge is 0.573 e. The zero-order chi connectivity index (χ0) is 17.3. The Morgan fingerprint density at radius 2 is 1.57 bits per heavy atom. The normalized spacial score (nSPS) is 12.0. The molecule has 0 saturated carbocycles. The maximum atomic E-state index is 12.3. The molecule has 0 bridgehead atoms. The highest BCUT2D eigenvalue weighted by Gasteiger charge is 2.32. The monoisotopic (exact) mass is 385 g/mol. The molecule has 0 atom stereocenters. The molecule has 2 aromatic carbocycles. The second kappa shape index (κ2) is 6.46. The number of ether oxygens (including phenoxy) is 1. The van der Waals surface area contributed by atoms with Gasteiger partial charge in [0.2, 0.25) is 0 Å². The van der Waals surface area contributed by atoms with Gasteiger partial charge in [0.05, 0.1) is 10.6 Å². The van der Waals surface area contributed by atoms with Crippen molar-refractivity contribution in [3.8, 4) is 5.75 Å². The van der Waals surface area contributed by atoms with Gasteiger partial charge in [0.25, 0.3) is 10.0 Å². The van der Waals surface area contributed by atoms with Crippen molar-refractivity contribution in [1.82, 2.24) is 0 Å². The van der Waals surface area contributed by atoms with Crippen LogP contribution in [0.2, 0.25) is 10.0 Å². The van der Waals surface area contributed by atoms with Crippen molar-refractivity contribution >= 4 is 38.9 Å². The molecule has 4 nitrogen and oxygen atoms in total. The Bertz CT molecular complexity index is 805. The van der Waals surface area contributed by atoms with E-state index in [-0.39, 0.29) is 20.6 Å². The average Bonchev–Trinajstić information content (AvgIpc) is 2.38. The summed E-state index contributed by atoms with van der Waals surface area (Å²) in [6.07, 6.45) is -4.96. The fourth-order valence-corrected chi connectivity index (χ4v) is 3.45. The second-order valence-corrected chi connectivity index (χ2v) is 6.81. The highest BCUT2D eigenvalue weighted by Crippen LogP contribution is 2.32. The first kappa shape index (κ1) is 17.7. The van der Waals surface area contributed by atoms with Gasteiger partial charge in [-0.2, -0.15) is 0 Å². The molecule has 0 fully saturated rings. The lowest BCUT2D eigenvalue weighted by Gasteiger charge is -2.15.